The van der Waals surface area contributed by atoms with E-state index in [2.05, 4.69) is 193 Å². The van der Waals surface area contributed by atoms with E-state index in [-0.39, 0.29) is 0 Å². The fraction of sp³-hybridized carbons (Fsp3) is 0.0189. The van der Waals surface area contributed by atoms with Gasteiger partial charge in [0.25, 0.3) is 0 Å². The fourth-order valence-electron chi connectivity index (χ4n) is 8.91. The number of aromatic nitrogens is 3. The molecular weight excluding hydrogens is 695 g/mol. The van der Waals surface area contributed by atoms with E-state index >= 15 is 0 Å². The third-order valence-corrected chi connectivity index (χ3v) is 11.4. The van der Waals surface area contributed by atoms with Crippen LogP contribution in [0.1, 0.15) is 22.3 Å². The van der Waals surface area contributed by atoms with E-state index in [1.165, 1.54) is 27.5 Å². The van der Waals surface area contributed by atoms with E-state index in [4.69, 9.17) is 14.4 Å². The highest BCUT2D eigenvalue weighted by molar-refractivity contribution is 6.12. The van der Waals surface area contributed by atoms with Crippen molar-refractivity contribution in [2.75, 3.05) is 0 Å². The number of para-hydroxylation sites is 3. The number of nitrogens with zero attached hydrogens (tertiary/aromatic N) is 3. The van der Waals surface area contributed by atoms with Crippen LogP contribution in [0.4, 0.5) is 0 Å². The lowest BCUT2D eigenvalue weighted by atomic mass is 9.65. The summed E-state index contributed by atoms with van der Waals surface area (Å²) >= 11 is 0. The first kappa shape index (κ1) is 32.8. The molecule has 3 heterocycles. The quantitative estimate of drug-likeness (QED) is 0.153. The molecule has 11 rings (SSSR count). The molecule has 4 nitrogen and oxygen atoms in total. The van der Waals surface area contributed by atoms with Crippen LogP contribution in [0.2, 0.25) is 0 Å². The lowest BCUT2D eigenvalue weighted by Crippen LogP contribution is -2.30. The summed E-state index contributed by atoms with van der Waals surface area (Å²) in [5.41, 5.74) is 10.8. The van der Waals surface area contributed by atoms with Crippen LogP contribution in [0.3, 0.4) is 0 Å². The monoisotopic (exact) mass is 729 g/mol. The molecule has 0 fully saturated rings. The van der Waals surface area contributed by atoms with Gasteiger partial charge >= 0.3 is 0 Å². The summed E-state index contributed by atoms with van der Waals surface area (Å²) < 4.78 is 8.62. The second-order valence-corrected chi connectivity index (χ2v) is 14.5. The highest BCUT2D eigenvalue weighted by Crippen LogP contribution is 2.46. The van der Waals surface area contributed by atoms with Crippen LogP contribution in [0, 0.1) is 0 Å². The zero-order valence-electron chi connectivity index (χ0n) is 31.0. The molecule has 0 saturated heterocycles. The smallest absolute Gasteiger partial charge is 0.162 e. The second kappa shape index (κ2) is 13.3. The van der Waals surface area contributed by atoms with E-state index < -0.39 is 5.41 Å². The molecule has 0 aliphatic carbocycles. The van der Waals surface area contributed by atoms with E-state index in [0.717, 1.165) is 61.2 Å². The van der Waals surface area contributed by atoms with Crippen LogP contribution in [0.15, 0.2) is 217 Å². The van der Waals surface area contributed by atoms with Crippen molar-refractivity contribution in [1.82, 2.24) is 14.5 Å². The topological polar surface area (TPSA) is 43.9 Å². The van der Waals surface area contributed by atoms with Crippen molar-refractivity contribution >= 4 is 43.7 Å². The summed E-state index contributed by atoms with van der Waals surface area (Å²) in [5.74, 6) is 1.44. The third-order valence-electron chi connectivity index (χ3n) is 11.4. The van der Waals surface area contributed by atoms with E-state index in [0.29, 0.717) is 5.82 Å². The van der Waals surface area contributed by atoms with E-state index in [1.807, 2.05) is 24.3 Å². The highest BCUT2D eigenvalue weighted by atomic mass is 16.3. The Morgan fingerprint density at radius 3 is 1.49 bits per heavy atom. The van der Waals surface area contributed by atoms with Gasteiger partial charge in [-0.15, -0.1) is 0 Å². The maximum absolute atomic E-state index is 6.35. The van der Waals surface area contributed by atoms with Gasteiger partial charge in [0.15, 0.2) is 5.82 Å². The maximum Gasteiger partial charge on any atom is 0.162 e. The molecule has 0 spiro atoms. The van der Waals surface area contributed by atoms with Crippen LogP contribution < -0.4 is 0 Å². The summed E-state index contributed by atoms with van der Waals surface area (Å²) in [5, 5.41) is 4.46. The molecule has 0 saturated carbocycles. The molecule has 0 radical (unpaired) electrons. The van der Waals surface area contributed by atoms with Crippen molar-refractivity contribution in [2.24, 2.45) is 0 Å². The molecule has 0 amide bonds. The van der Waals surface area contributed by atoms with Gasteiger partial charge in [-0.05, 0) is 46.5 Å². The Balaban J connectivity index is 1.16. The van der Waals surface area contributed by atoms with Crippen molar-refractivity contribution in [3.05, 3.63) is 235 Å². The Bertz CT molecular complexity index is 3070. The third kappa shape index (κ3) is 5.22. The minimum atomic E-state index is -0.558. The molecule has 11 aromatic rings. The highest BCUT2D eigenvalue weighted by Gasteiger charge is 2.38. The summed E-state index contributed by atoms with van der Waals surface area (Å²) in [7, 11) is 0. The molecule has 3 aromatic heterocycles. The Morgan fingerprint density at radius 2 is 0.895 bits per heavy atom. The van der Waals surface area contributed by atoms with E-state index in [1.54, 1.807) is 0 Å². The molecule has 0 aliphatic rings. The van der Waals surface area contributed by atoms with E-state index in [9.17, 15) is 0 Å². The second-order valence-electron chi connectivity index (χ2n) is 14.5. The van der Waals surface area contributed by atoms with Gasteiger partial charge < -0.3 is 4.42 Å². The molecule has 0 atom stereocenters. The van der Waals surface area contributed by atoms with Crippen LogP contribution in [0.5, 0.6) is 0 Å². The van der Waals surface area contributed by atoms with Crippen LogP contribution >= 0.6 is 0 Å². The zero-order valence-corrected chi connectivity index (χ0v) is 31.0. The largest absolute Gasteiger partial charge is 0.456 e. The van der Waals surface area contributed by atoms with Gasteiger partial charge in [-0.25, -0.2) is 9.97 Å². The average molecular weight is 730 g/mol. The van der Waals surface area contributed by atoms with Crippen LogP contribution in [-0.2, 0) is 5.41 Å². The predicted molar refractivity (Wildman–Crippen MR) is 233 cm³/mol. The summed E-state index contributed by atoms with van der Waals surface area (Å²) in [6.45, 7) is 0. The average Bonchev–Trinajstić information content (AvgIpc) is 3.84. The van der Waals surface area contributed by atoms with Crippen LogP contribution in [-0.4, -0.2) is 14.5 Å². The fourth-order valence-corrected chi connectivity index (χ4v) is 8.91. The molecule has 0 aliphatic heterocycles. The molecule has 0 bridgehead atoms. The molecule has 57 heavy (non-hydrogen) atoms. The number of furan rings is 1. The molecule has 4 heteroatoms. The minimum absolute atomic E-state index is 0.558. The zero-order chi connectivity index (χ0) is 37.8. The first-order valence-corrected chi connectivity index (χ1v) is 19.3. The normalized spacial score (nSPS) is 11.9. The number of hydrogen-bond donors (Lipinski definition) is 0. The molecule has 0 N–H and O–H groups in total. The summed E-state index contributed by atoms with van der Waals surface area (Å²) in [6, 6.07) is 75.0. The first-order chi connectivity index (χ1) is 28.3. The Labute approximate surface area is 330 Å². The summed E-state index contributed by atoms with van der Waals surface area (Å²) in [4.78, 5) is 10.8. The van der Waals surface area contributed by atoms with Gasteiger partial charge in [-0.1, -0.05) is 182 Å². The van der Waals surface area contributed by atoms with Gasteiger partial charge in [-0.3, -0.25) is 4.57 Å². The van der Waals surface area contributed by atoms with Crippen molar-refractivity contribution in [1.29, 1.82) is 0 Å². The van der Waals surface area contributed by atoms with Crippen molar-refractivity contribution in [3.63, 3.8) is 0 Å². The predicted octanol–water partition coefficient (Wildman–Crippen LogP) is 13.2. The molecule has 268 valence electrons. The van der Waals surface area contributed by atoms with Crippen molar-refractivity contribution < 1.29 is 4.42 Å². The Morgan fingerprint density at radius 1 is 0.404 bits per heavy atom. The van der Waals surface area contributed by atoms with Gasteiger partial charge in [-0.2, -0.15) is 0 Å². The van der Waals surface area contributed by atoms with Gasteiger partial charge in [0.1, 0.15) is 17.0 Å². The Kier molecular flexibility index (Phi) is 7.68. The minimum Gasteiger partial charge on any atom is -0.456 e. The Hall–Kier alpha value is -7.56. The standard InChI is InChI=1S/C53H35N3O/c1-4-17-37(18-5-1)53(38-19-6-2-7-20-38,39-21-8-3-9-22-39)40-33-31-36(32-34-40)52-54-45(43-26-16-30-49-51(43)44-25-12-15-29-48(44)57-49)35-50(55-52)56-46-27-13-10-23-41(46)42-24-11-14-28-47(42)56/h1-35H. The van der Waals surface area contributed by atoms with Gasteiger partial charge in [0, 0.05) is 38.7 Å². The molecule has 8 aromatic carbocycles. The summed E-state index contributed by atoms with van der Waals surface area (Å²) in [6.07, 6.45) is 0. The van der Waals surface area contributed by atoms with Gasteiger partial charge in [0.05, 0.1) is 22.1 Å². The van der Waals surface area contributed by atoms with Crippen LogP contribution in [0.25, 0.3) is 72.2 Å². The SMILES string of the molecule is c1ccc(C(c2ccccc2)(c2ccccc2)c2ccc(-c3nc(-c4cccc5oc6ccccc6c45)cc(-n4c5ccccc5c5ccccc54)n3)cc2)cc1. The maximum atomic E-state index is 6.35. The molecule has 0 unspecified atom stereocenters. The lowest BCUT2D eigenvalue weighted by molar-refractivity contribution is 0.669. The number of rotatable bonds is 7. The van der Waals surface area contributed by atoms with Crippen molar-refractivity contribution in [2.45, 2.75) is 5.41 Å². The first-order valence-electron chi connectivity index (χ1n) is 19.3. The van der Waals surface area contributed by atoms with Crippen molar-refractivity contribution in [3.8, 4) is 28.5 Å². The number of benzene rings is 8. The lowest BCUT2D eigenvalue weighted by Gasteiger charge is -2.37. The molecular formula is C53H35N3O. The number of fused-ring (bicyclic) bond motifs is 6. The number of hydrogen-bond acceptors (Lipinski definition) is 3. The van der Waals surface area contributed by atoms with Gasteiger partial charge in [0.2, 0.25) is 0 Å².